The van der Waals surface area contributed by atoms with E-state index >= 15 is 0 Å². The van der Waals surface area contributed by atoms with Crippen molar-refractivity contribution in [1.82, 2.24) is 4.98 Å². The van der Waals surface area contributed by atoms with Crippen LogP contribution in [0, 0.1) is 11.3 Å². The van der Waals surface area contributed by atoms with Crippen molar-refractivity contribution in [2.24, 2.45) is 0 Å². The quantitative estimate of drug-likeness (QED) is 0.673. The van der Waals surface area contributed by atoms with Gasteiger partial charge in [-0.25, -0.2) is 0 Å². The molecule has 3 aromatic rings. The van der Waals surface area contributed by atoms with Gasteiger partial charge in [0.2, 0.25) is 0 Å². The van der Waals surface area contributed by atoms with Gasteiger partial charge in [0, 0.05) is 22.7 Å². The van der Waals surface area contributed by atoms with Gasteiger partial charge in [-0.3, -0.25) is 0 Å². The lowest BCUT2D eigenvalue weighted by molar-refractivity contribution is 1.47. The van der Waals surface area contributed by atoms with E-state index in [1.54, 1.807) is 0 Å². The van der Waals surface area contributed by atoms with Crippen LogP contribution in [0.25, 0.3) is 22.6 Å². The van der Waals surface area contributed by atoms with Crippen LogP contribution in [0.5, 0.6) is 0 Å². The fraction of sp³-hybridized carbons (Fsp3) is 0. The molecule has 0 spiro atoms. The molecule has 0 saturated carbocycles. The van der Waals surface area contributed by atoms with Gasteiger partial charge in [0.05, 0.1) is 11.6 Å². The zero-order valence-corrected chi connectivity index (χ0v) is 10.3. The van der Waals surface area contributed by atoms with Crippen LogP contribution in [0.1, 0.15) is 11.1 Å². The van der Waals surface area contributed by atoms with Gasteiger partial charge < -0.3 is 4.98 Å². The van der Waals surface area contributed by atoms with Crippen molar-refractivity contribution in [1.29, 1.82) is 5.26 Å². The second kappa shape index (κ2) is 4.83. The number of para-hydroxylation sites is 1. The highest BCUT2D eigenvalue weighted by molar-refractivity contribution is 5.97. The number of nitrogens with zero attached hydrogens (tertiary/aromatic N) is 1. The molecular weight excluding hydrogens is 232 g/mol. The van der Waals surface area contributed by atoms with Crippen LogP contribution < -0.4 is 0 Å². The Morgan fingerprint density at radius 1 is 1.00 bits per heavy atom. The molecule has 0 unspecified atom stereocenters. The van der Waals surface area contributed by atoms with E-state index in [4.69, 9.17) is 0 Å². The summed E-state index contributed by atoms with van der Waals surface area (Å²) in [7, 11) is 0. The highest BCUT2D eigenvalue weighted by Gasteiger charge is 2.04. The molecule has 0 aliphatic heterocycles. The van der Waals surface area contributed by atoms with Gasteiger partial charge in [0.15, 0.2) is 0 Å². The molecule has 0 fully saturated rings. The van der Waals surface area contributed by atoms with E-state index in [-0.39, 0.29) is 0 Å². The maximum Gasteiger partial charge on any atom is 0.0998 e. The molecule has 0 radical (unpaired) electrons. The molecule has 0 aliphatic rings. The Balaban J connectivity index is 2.12. The van der Waals surface area contributed by atoms with Crippen molar-refractivity contribution in [2.45, 2.75) is 0 Å². The van der Waals surface area contributed by atoms with Crippen LogP contribution in [0.15, 0.2) is 60.8 Å². The fourth-order valence-electron chi connectivity index (χ4n) is 2.17. The number of benzene rings is 2. The zero-order valence-electron chi connectivity index (χ0n) is 10.3. The molecule has 0 aliphatic carbocycles. The number of allylic oxidation sites excluding steroid dienone is 1. The summed E-state index contributed by atoms with van der Waals surface area (Å²) in [6.45, 7) is 0. The predicted molar refractivity (Wildman–Crippen MR) is 78.2 cm³/mol. The topological polar surface area (TPSA) is 39.6 Å². The molecule has 1 N–H and O–H groups in total. The number of hydrogen-bond acceptors (Lipinski definition) is 1. The third-order valence-electron chi connectivity index (χ3n) is 3.13. The highest BCUT2D eigenvalue weighted by Crippen LogP contribution is 2.23. The van der Waals surface area contributed by atoms with Crippen molar-refractivity contribution in [3.63, 3.8) is 0 Å². The summed E-state index contributed by atoms with van der Waals surface area (Å²) in [6, 6.07) is 20.1. The third-order valence-corrected chi connectivity index (χ3v) is 3.13. The Morgan fingerprint density at radius 3 is 2.53 bits per heavy atom. The molecule has 1 aromatic heterocycles. The molecule has 1 heterocycles. The van der Waals surface area contributed by atoms with Crippen molar-refractivity contribution in [2.75, 3.05) is 0 Å². The van der Waals surface area contributed by atoms with Crippen molar-refractivity contribution < 1.29 is 0 Å². The molecule has 2 heteroatoms. The lowest BCUT2D eigenvalue weighted by atomic mass is 10.0. The molecule has 3 rings (SSSR count). The number of aromatic amines is 1. The smallest absolute Gasteiger partial charge is 0.0998 e. The Kier molecular flexibility index (Phi) is 2.88. The number of rotatable bonds is 2. The first-order valence-electron chi connectivity index (χ1n) is 6.12. The summed E-state index contributed by atoms with van der Waals surface area (Å²) in [5, 5.41) is 10.5. The monoisotopic (exact) mass is 244 g/mol. The van der Waals surface area contributed by atoms with Crippen molar-refractivity contribution >= 4 is 22.6 Å². The third kappa shape index (κ3) is 2.14. The number of hydrogen-bond donors (Lipinski definition) is 1. The standard InChI is InChI=1S/C17H12N2/c18-11-14(13-6-2-1-3-7-13)10-15-12-19-17-9-5-4-8-16(15)17/h1-10,12,19H. The number of nitriles is 1. The summed E-state index contributed by atoms with van der Waals surface area (Å²) < 4.78 is 0. The maximum absolute atomic E-state index is 9.32. The van der Waals surface area contributed by atoms with Crippen LogP contribution in [-0.4, -0.2) is 4.98 Å². The van der Waals surface area contributed by atoms with Crippen LogP contribution in [0.2, 0.25) is 0 Å². The van der Waals surface area contributed by atoms with E-state index in [0.29, 0.717) is 5.57 Å². The Labute approximate surface area is 111 Å². The molecule has 2 aromatic carbocycles. The van der Waals surface area contributed by atoms with Crippen molar-refractivity contribution in [3.05, 3.63) is 71.9 Å². The number of H-pyrrole nitrogens is 1. The molecular formula is C17H12N2. The maximum atomic E-state index is 9.32. The second-order valence-electron chi connectivity index (χ2n) is 4.33. The molecule has 19 heavy (non-hydrogen) atoms. The summed E-state index contributed by atoms with van der Waals surface area (Å²) in [4.78, 5) is 3.22. The van der Waals surface area contributed by atoms with Gasteiger partial charge in [-0.05, 0) is 17.7 Å². The molecule has 0 amide bonds. The van der Waals surface area contributed by atoms with Crippen molar-refractivity contribution in [3.8, 4) is 6.07 Å². The minimum Gasteiger partial charge on any atom is -0.361 e. The van der Waals surface area contributed by atoms with Gasteiger partial charge in [-0.15, -0.1) is 0 Å². The molecule has 0 saturated heterocycles. The molecule has 2 nitrogen and oxygen atoms in total. The number of nitrogens with one attached hydrogen (secondary N) is 1. The van der Waals surface area contributed by atoms with E-state index < -0.39 is 0 Å². The first-order chi connectivity index (χ1) is 9.38. The number of fused-ring (bicyclic) bond motifs is 1. The van der Waals surface area contributed by atoms with Crippen LogP contribution >= 0.6 is 0 Å². The lowest BCUT2D eigenvalue weighted by Gasteiger charge is -1.98. The SMILES string of the molecule is N#CC(=Cc1c[nH]c2ccccc12)c1ccccc1. The molecule has 90 valence electrons. The van der Waals surface area contributed by atoms with Gasteiger partial charge in [0.25, 0.3) is 0 Å². The second-order valence-corrected chi connectivity index (χ2v) is 4.33. The van der Waals surface area contributed by atoms with Gasteiger partial charge in [-0.1, -0.05) is 48.5 Å². The fourth-order valence-corrected chi connectivity index (χ4v) is 2.17. The average molecular weight is 244 g/mol. The normalized spacial score (nSPS) is 11.4. The summed E-state index contributed by atoms with van der Waals surface area (Å²) >= 11 is 0. The highest BCUT2D eigenvalue weighted by atomic mass is 14.7. The van der Waals surface area contributed by atoms with E-state index in [9.17, 15) is 5.26 Å². The predicted octanol–water partition coefficient (Wildman–Crippen LogP) is 4.23. The Hall–Kier alpha value is -2.79. The van der Waals surface area contributed by atoms with Crippen LogP contribution in [0.4, 0.5) is 0 Å². The first-order valence-corrected chi connectivity index (χ1v) is 6.12. The van der Waals surface area contributed by atoms with Gasteiger partial charge in [-0.2, -0.15) is 5.26 Å². The van der Waals surface area contributed by atoms with Gasteiger partial charge in [0.1, 0.15) is 0 Å². The largest absolute Gasteiger partial charge is 0.361 e. The lowest BCUT2D eigenvalue weighted by Crippen LogP contribution is -1.80. The molecule has 0 atom stereocenters. The molecule has 0 bridgehead atoms. The Bertz CT molecular complexity index is 774. The van der Waals surface area contributed by atoms with Crippen LogP contribution in [-0.2, 0) is 0 Å². The van der Waals surface area contributed by atoms with E-state index in [2.05, 4.69) is 17.1 Å². The summed E-state index contributed by atoms with van der Waals surface area (Å²) in [6.07, 6.45) is 3.86. The zero-order chi connectivity index (χ0) is 13.1. The van der Waals surface area contributed by atoms with E-state index in [1.807, 2.05) is 60.8 Å². The van der Waals surface area contributed by atoms with Gasteiger partial charge >= 0.3 is 0 Å². The minimum atomic E-state index is 0.672. The van der Waals surface area contributed by atoms with Crippen LogP contribution in [0.3, 0.4) is 0 Å². The summed E-state index contributed by atoms with van der Waals surface area (Å²) in [5.74, 6) is 0. The Morgan fingerprint density at radius 2 is 1.74 bits per heavy atom. The number of aromatic nitrogens is 1. The average Bonchev–Trinajstić information content (AvgIpc) is 2.89. The van der Waals surface area contributed by atoms with E-state index in [1.165, 1.54) is 0 Å². The summed E-state index contributed by atoms with van der Waals surface area (Å²) in [5.41, 5.74) is 3.73. The minimum absolute atomic E-state index is 0.672. The van der Waals surface area contributed by atoms with E-state index in [0.717, 1.165) is 22.0 Å². The first kappa shape index (κ1) is 11.3.